The zero-order chi connectivity index (χ0) is 14.2. The number of hydrogen-bond donors (Lipinski definition) is 1. The average molecular weight is 323 g/mol. The van der Waals surface area contributed by atoms with Crippen molar-refractivity contribution in [3.63, 3.8) is 0 Å². The number of amides is 1. The van der Waals surface area contributed by atoms with Crippen LogP contribution in [0.15, 0.2) is 24.3 Å². The number of carbonyl (C=O) groups excluding carboxylic acids is 1. The molecule has 1 amide bonds. The smallest absolute Gasteiger partial charge is 0.227 e. The van der Waals surface area contributed by atoms with Crippen molar-refractivity contribution >= 4 is 24.0 Å². The molecule has 0 spiro atoms. The molecule has 0 aromatic heterocycles. The van der Waals surface area contributed by atoms with Gasteiger partial charge in [-0.25, -0.2) is 0 Å². The fourth-order valence-corrected chi connectivity index (χ4v) is 4.13. The van der Waals surface area contributed by atoms with E-state index in [1.807, 2.05) is 29.2 Å². The second kappa shape index (κ2) is 6.47. The Balaban J connectivity index is 0.00000144. The van der Waals surface area contributed by atoms with Gasteiger partial charge in [-0.3, -0.25) is 4.79 Å². The normalized spacial score (nSPS) is 29.3. The first kappa shape index (κ1) is 15.6. The molecule has 1 N–H and O–H groups in total. The van der Waals surface area contributed by atoms with E-state index >= 15 is 0 Å². The molecular formula is C17H23ClN2O2. The molecule has 2 saturated heterocycles. The molecule has 5 heteroatoms. The van der Waals surface area contributed by atoms with Gasteiger partial charge in [-0.15, -0.1) is 12.4 Å². The van der Waals surface area contributed by atoms with E-state index in [0.717, 1.165) is 24.3 Å². The number of rotatable bonds is 2. The van der Waals surface area contributed by atoms with Crippen molar-refractivity contribution in [3.8, 4) is 5.75 Å². The average Bonchev–Trinajstić information content (AvgIpc) is 2.85. The highest BCUT2D eigenvalue weighted by Gasteiger charge is 2.35. The van der Waals surface area contributed by atoms with E-state index in [-0.39, 0.29) is 18.3 Å². The molecule has 0 saturated carbocycles. The predicted molar refractivity (Wildman–Crippen MR) is 88.8 cm³/mol. The molecule has 2 bridgehead atoms. The molecule has 3 heterocycles. The molecule has 3 aliphatic rings. The van der Waals surface area contributed by atoms with Crippen LogP contribution in [0.4, 0.5) is 5.69 Å². The van der Waals surface area contributed by atoms with Gasteiger partial charge in [0, 0.05) is 18.5 Å². The van der Waals surface area contributed by atoms with E-state index in [1.54, 1.807) is 0 Å². The predicted octanol–water partition coefficient (Wildman–Crippen LogP) is 2.75. The molecule has 3 aliphatic heterocycles. The van der Waals surface area contributed by atoms with Gasteiger partial charge in [-0.05, 0) is 43.7 Å². The summed E-state index contributed by atoms with van der Waals surface area (Å²) in [4.78, 5) is 14.6. The van der Waals surface area contributed by atoms with Gasteiger partial charge in [0.05, 0.1) is 12.2 Å². The number of fused-ring (bicyclic) bond motifs is 3. The maximum absolute atomic E-state index is 12.7. The van der Waals surface area contributed by atoms with Crippen molar-refractivity contribution in [3.05, 3.63) is 24.3 Å². The second-order valence-corrected chi connectivity index (χ2v) is 6.54. The van der Waals surface area contributed by atoms with Crippen LogP contribution in [0.3, 0.4) is 0 Å². The van der Waals surface area contributed by atoms with Crippen LogP contribution in [-0.2, 0) is 4.79 Å². The summed E-state index contributed by atoms with van der Waals surface area (Å²) in [6, 6.07) is 9.16. The largest absolute Gasteiger partial charge is 0.490 e. The van der Waals surface area contributed by atoms with Gasteiger partial charge < -0.3 is 15.0 Å². The van der Waals surface area contributed by atoms with E-state index in [0.29, 0.717) is 37.6 Å². The Morgan fingerprint density at radius 1 is 1.23 bits per heavy atom. The molecule has 0 aliphatic carbocycles. The molecule has 2 fully saturated rings. The monoisotopic (exact) mass is 322 g/mol. The number of nitrogens with one attached hydrogen (secondary N) is 1. The number of piperidine rings is 1. The van der Waals surface area contributed by atoms with E-state index in [2.05, 4.69) is 5.32 Å². The molecule has 0 radical (unpaired) electrons. The third kappa shape index (κ3) is 2.95. The van der Waals surface area contributed by atoms with Crippen molar-refractivity contribution in [2.45, 2.75) is 44.2 Å². The lowest BCUT2D eigenvalue weighted by molar-refractivity contribution is -0.120. The molecule has 22 heavy (non-hydrogen) atoms. The minimum atomic E-state index is 0. The van der Waals surface area contributed by atoms with Gasteiger partial charge in [0.2, 0.25) is 5.91 Å². The molecule has 2 unspecified atom stereocenters. The SMILES string of the molecule is Cl.O=C(CC1CC2CCC(C1)N2)N1CCOc2ccccc21. The summed E-state index contributed by atoms with van der Waals surface area (Å²) in [5, 5.41) is 3.64. The molecule has 4 rings (SSSR count). The van der Waals surface area contributed by atoms with Crippen LogP contribution in [0.25, 0.3) is 0 Å². The number of halogens is 1. The summed E-state index contributed by atoms with van der Waals surface area (Å²) in [6.07, 6.45) is 5.58. The van der Waals surface area contributed by atoms with Crippen LogP contribution in [0.5, 0.6) is 5.75 Å². The van der Waals surface area contributed by atoms with Crippen LogP contribution in [0, 0.1) is 5.92 Å². The van der Waals surface area contributed by atoms with Gasteiger partial charge in [0.15, 0.2) is 0 Å². The van der Waals surface area contributed by atoms with E-state index in [4.69, 9.17) is 4.74 Å². The number of anilines is 1. The lowest BCUT2D eigenvalue weighted by atomic mass is 9.89. The summed E-state index contributed by atoms with van der Waals surface area (Å²) in [7, 11) is 0. The summed E-state index contributed by atoms with van der Waals surface area (Å²) >= 11 is 0. The van der Waals surface area contributed by atoms with E-state index in [1.165, 1.54) is 12.8 Å². The van der Waals surface area contributed by atoms with Crippen molar-refractivity contribution in [2.75, 3.05) is 18.1 Å². The summed E-state index contributed by atoms with van der Waals surface area (Å²) in [5.41, 5.74) is 0.936. The fraction of sp³-hybridized carbons (Fsp3) is 0.588. The first-order valence-corrected chi connectivity index (χ1v) is 8.08. The van der Waals surface area contributed by atoms with Crippen LogP contribution in [-0.4, -0.2) is 31.1 Å². The summed E-state index contributed by atoms with van der Waals surface area (Å²) in [5.74, 6) is 1.64. The Kier molecular flexibility index (Phi) is 4.59. The molecular weight excluding hydrogens is 300 g/mol. The van der Waals surface area contributed by atoms with Crippen LogP contribution < -0.4 is 15.0 Å². The van der Waals surface area contributed by atoms with E-state index in [9.17, 15) is 4.79 Å². The molecule has 120 valence electrons. The Bertz CT molecular complexity index is 539. The van der Waals surface area contributed by atoms with Crippen molar-refractivity contribution in [1.29, 1.82) is 0 Å². The third-order valence-electron chi connectivity index (χ3n) is 5.06. The summed E-state index contributed by atoms with van der Waals surface area (Å²) < 4.78 is 5.63. The van der Waals surface area contributed by atoms with Crippen molar-refractivity contribution in [1.82, 2.24) is 5.32 Å². The fourth-order valence-electron chi connectivity index (χ4n) is 4.13. The highest BCUT2D eigenvalue weighted by Crippen LogP contribution is 2.35. The standard InChI is InChI=1S/C17H22N2O2.ClH/c20-17(11-12-9-13-5-6-14(10-12)18-13)19-7-8-21-16-4-2-1-3-15(16)19;/h1-4,12-14,18H,5-11H2;1H. The highest BCUT2D eigenvalue weighted by molar-refractivity contribution is 5.95. The Labute approximate surface area is 137 Å². The quantitative estimate of drug-likeness (QED) is 0.910. The summed E-state index contributed by atoms with van der Waals surface area (Å²) in [6.45, 7) is 1.27. The Hall–Kier alpha value is -1.26. The molecule has 2 atom stereocenters. The van der Waals surface area contributed by atoms with Gasteiger partial charge in [-0.2, -0.15) is 0 Å². The first-order chi connectivity index (χ1) is 10.3. The zero-order valence-electron chi connectivity index (χ0n) is 12.7. The van der Waals surface area contributed by atoms with Crippen LogP contribution in [0.2, 0.25) is 0 Å². The first-order valence-electron chi connectivity index (χ1n) is 8.08. The minimum absolute atomic E-state index is 0. The molecule has 4 nitrogen and oxygen atoms in total. The Morgan fingerprint density at radius 3 is 2.73 bits per heavy atom. The van der Waals surface area contributed by atoms with E-state index < -0.39 is 0 Å². The number of nitrogens with zero attached hydrogens (tertiary/aromatic N) is 1. The van der Waals surface area contributed by atoms with Gasteiger partial charge in [0.25, 0.3) is 0 Å². The van der Waals surface area contributed by atoms with Crippen LogP contribution >= 0.6 is 12.4 Å². The number of para-hydroxylation sites is 2. The number of benzene rings is 1. The lowest BCUT2D eigenvalue weighted by Crippen LogP contribution is -2.42. The van der Waals surface area contributed by atoms with Crippen molar-refractivity contribution < 1.29 is 9.53 Å². The minimum Gasteiger partial charge on any atom is -0.490 e. The lowest BCUT2D eigenvalue weighted by Gasteiger charge is -2.33. The third-order valence-corrected chi connectivity index (χ3v) is 5.06. The number of carbonyl (C=O) groups is 1. The Morgan fingerprint density at radius 2 is 1.95 bits per heavy atom. The number of hydrogen-bond acceptors (Lipinski definition) is 3. The highest BCUT2D eigenvalue weighted by atomic mass is 35.5. The maximum atomic E-state index is 12.7. The molecule has 1 aromatic rings. The maximum Gasteiger partial charge on any atom is 0.227 e. The zero-order valence-corrected chi connectivity index (χ0v) is 13.5. The van der Waals surface area contributed by atoms with Crippen molar-refractivity contribution in [2.24, 2.45) is 5.92 Å². The number of ether oxygens (including phenoxy) is 1. The topological polar surface area (TPSA) is 41.6 Å². The molecule has 1 aromatic carbocycles. The van der Waals surface area contributed by atoms with Gasteiger partial charge in [0.1, 0.15) is 12.4 Å². The van der Waals surface area contributed by atoms with Crippen LogP contribution in [0.1, 0.15) is 32.1 Å². The van der Waals surface area contributed by atoms with Gasteiger partial charge >= 0.3 is 0 Å². The second-order valence-electron chi connectivity index (χ2n) is 6.54. The van der Waals surface area contributed by atoms with Gasteiger partial charge in [-0.1, -0.05) is 12.1 Å².